The number of carbonyl (C=O) groups is 1. The predicted molar refractivity (Wildman–Crippen MR) is 81.5 cm³/mol. The van der Waals surface area contributed by atoms with E-state index in [1.54, 1.807) is 7.11 Å². The van der Waals surface area contributed by atoms with Crippen molar-refractivity contribution in [3.05, 3.63) is 29.8 Å². The summed E-state index contributed by atoms with van der Waals surface area (Å²) in [5.74, 6) is 0.798. The van der Waals surface area contributed by atoms with E-state index in [9.17, 15) is 4.79 Å². The summed E-state index contributed by atoms with van der Waals surface area (Å²) in [5.41, 5.74) is 0.520. The Kier molecular flexibility index (Phi) is 6.49. The molecule has 0 radical (unpaired) electrons. The molecule has 0 aliphatic heterocycles. The maximum atomic E-state index is 11.8. The van der Waals surface area contributed by atoms with Gasteiger partial charge in [0.2, 0.25) is 0 Å². The number of ether oxygens (including phenoxy) is 3. The molecule has 1 aromatic rings. The first-order chi connectivity index (χ1) is 9.84. The molecule has 5 heteroatoms. The van der Waals surface area contributed by atoms with Crippen LogP contribution in [0.3, 0.4) is 0 Å². The third-order valence-electron chi connectivity index (χ3n) is 2.63. The normalized spacial score (nSPS) is 12.6. The van der Waals surface area contributed by atoms with Gasteiger partial charge in [-0.25, -0.2) is 4.79 Å². The Morgan fingerprint density at radius 2 is 1.86 bits per heavy atom. The van der Waals surface area contributed by atoms with Gasteiger partial charge >= 0.3 is 6.09 Å². The van der Waals surface area contributed by atoms with Crippen LogP contribution >= 0.6 is 0 Å². The van der Waals surface area contributed by atoms with Crippen LogP contribution in [0.15, 0.2) is 24.3 Å². The zero-order valence-electron chi connectivity index (χ0n) is 13.4. The van der Waals surface area contributed by atoms with Crippen LogP contribution in [0.5, 0.6) is 5.75 Å². The lowest BCUT2D eigenvalue weighted by Crippen LogP contribution is -2.41. The summed E-state index contributed by atoms with van der Waals surface area (Å²) in [6.45, 7) is 7.87. The predicted octanol–water partition coefficient (Wildman–Crippen LogP) is 3.13. The summed E-state index contributed by atoms with van der Waals surface area (Å²) in [6.07, 6.45) is -0.329. The molecule has 1 amide bonds. The summed E-state index contributed by atoms with van der Waals surface area (Å²) < 4.78 is 15.9. The summed E-state index contributed by atoms with van der Waals surface area (Å²) in [4.78, 5) is 11.8. The number of nitrogens with one attached hydrogen (secondary N) is 1. The third kappa shape index (κ3) is 6.99. The van der Waals surface area contributed by atoms with Gasteiger partial charge in [0.1, 0.15) is 17.6 Å². The van der Waals surface area contributed by atoms with Gasteiger partial charge in [0, 0.05) is 13.0 Å². The molecule has 1 unspecified atom stereocenters. The van der Waals surface area contributed by atoms with Crippen molar-refractivity contribution >= 4 is 6.09 Å². The molecule has 0 spiro atoms. The van der Waals surface area contributed by atoms with Crippen molar-refractivity contribution in [3.8, 4) is 5.75 Å². The zero-order chi connectivity index (χ0) is 15.9. The highest BCUT2D eigenvalue weighted by atomic mass is 16.6. The molecule has 0 bridgehead atoms. The second-order valence-corrected chi connectivity index (χ2v) is 5.64. The zero-order valence-corrected chi connectivity index (χ0v) is 13.4. The van der Waals surface area contributed by atoms with E-state index in [2.05, 4.69) is 5.32 Å². The van der Waals surface area contributed by atoms with Crippen LogP contribution in [0.4, 0.5) is 4.79 Å². The van der Waals surface area contributed by atoms with Crippen molar-refractivity contribution in [2.75, 3.05) is 13.7 Å². The number of benzene rings is 1. The van der Waals surface area contributed by atoms with Gasteiger partial charge in [0.05, 0.1) is 7.11 Å². The number of carbonyl (C=O) groups excluding carboxylic acids is 1. The molecule has 118 valence electrons. The van der Waals surface area contributed by atoms with Gasteiger partial charge in [-0.2, -0.15) is 0 Å². The Balaban J connectivity index is 2.61. The van der Waals surface area contributed by atoms with Gasteiger partial charge in [0.15, 0.2) is 0 Å². The second-order valence-electron chi connectivity index (χ2n) is 5.64. The smallest absolute Gasteiger partial charge is 0.409 e. The minimum absolute atomic E-state index is 0.418. The minimum Gasteiger partial charge on any atom is -0.497 e. The quantitative estimate of drug-likeness (QED) is 0.819. The molecular weight excluding hydrogens is 270 g/mol. The van der Waals surface area contributed by atoms with Crippen molar-refractivity contribution < 1.29 is 19.0 Å². The van der Waals surface area contributed by atoms with Gasteiger partial charge in [-0.15, -0.1) is 0 Å². The van der Waals surface area contributed by atoms with Gasteiger partial charge in [-0.05, 0) is 45.4 Å². The second kappa shape index (κ2) is 7.88. The maximum absolute atomic E-state index is 11.8. The summed E-state index contributed by atoms with van der Waals surface area (Å²) >= 11 is 0. The number of hydrogen-bond donors (Lipinski definition) is 1. The molecular formula is C16H25NO4. The average molecular weight is 295 g/mol. The lowest BCUT2D eigenvalue weighted by Gasteiger charge is -2.23. The van der Waals surface area contributed by atoms with Gasteiger partial charge in [-0.3, -0.25) is 5.32 Å². The highest BCUT2D eigenvalue weighted by Gasteiger charge is 2.19. The van der Waals surface area contributed by atoms with E-state index >= 15 is 0 Å². The van der Waals surface area contributed by atoms with Crippen LogP contribution in [0.2, 0.25) is 0 Å². The topological polar surface area (TPSA) is 56.8 Å². The van der Waals surface area contributed by atoms with E-state index in [1.807, 2.05) is 52.0 Å². The summed E-state index contributed by atoms with van der Waals surface area (Å²) in [7, 11) is 1.63. The van der Waals surface area contributed by atoms with E-state index in [1.165, 1.54) is 0 Å². The molecule has 1 atom stereocenters. The van der Waals surface area contributed by atoms with E-state index in [0.29, 0.717) is 13.0 Å². The van der Waals surface area contributed by atoms with Crippen LogP contribution in [0.1, 0.15) is 33.3 Å². The molecule has 1 aromatic carbocycles. The van der Waals surface area contributed by atoms with E-state index in [0.717, 1.165) is 11.3 Å². The lowest BCUT2D eigenvalue weighted by molar-refractivity contribution is 0.0105. The first kappa shape index (κ1) is 17.3. The van der Waals surface area contributed by atoms with E-state index in [4.69, 9.17) is 14.2 Å². The highest BCUT2D eigenvalue weighted by Crippen LogP contribution is 2.13. The van der Waals surface area contributed by atoms with E-state index in [-0.39, 0.29) is 0 Å². The summed E-state index contributed by atoms with van der Waals surface area (Å²) in [5, 5.41) is 2.74. The van der Waals surface area contributed by atoms with Crippen molar-refractivity contribution in [1.82, 2.24) is 5.32 Å². The molecule has 21 heavy (non-hydrogen) atoms. The highest BCUT2D eigenvalue weighted by molar-refractivity contribution is 5.67. The first-order valence-electron chi connectivity index (χ1n) is 7.08. The Morgan fingerprint density at radius 1 is 1.24 bits per heavy atom. The van der Waals surface area contributed by atoms with Gasteiger partial charge < -0.3 is 14.2 Å². The molecule has 0 fully saturated rings. The number of alkyl carbamates (subject to hydrolysis) is 1. The average Bonchev–Trinajstić information content (AvgIpc) is 2.37. The van der Waals surface area contributed by atoms with Crippen LogP contribution in [0, 0.1) is 0 Å². The third-order valence-corrected chi connectivity index (χ3v) is 2.63. The van der Waals surface area contributed by atoms with Crippen molar-refractivity contribution in [1.29, 1.82) is 0 Å². The first-order valence-corrected chi connectivity index (χ1v) is 7.08. The maximum Gasteiger partial charge on any atom is 0.409 e. The standard InChI is InChI=1S/C16H25NO4/c1-6-20-14(17-15(18)21-16(2,3)4)11-12-7-9-13(19-5)10-8-12/h7-10,14H,6,11H2,1-5H3,(H,17,18). The van der Waals surface area contributed by atoms with Gasteiger partial charge in [0.25, 0.3) is 0 Å². The SMILES string of the molecule is CCOC(Cc1ccc(OC)cc1)NC(=O)OC(C)(C)C. The molecule has 1 rings (SSSR count). The Hall–Kier alpha value is -1.75. The van der Waals surface area contributed by atoms with Crippen molar-refractivity contribution in [2.24, 2.45) is 0 Å². The molecule has 0 aliphatic rings. The van der Waals surface area contributed by atoms with Gasteiger partial charge in [-0.1, -0.05) is 12.1 Å². The van der Waals surface area contributed by atoms with Crippen LogP contribution in [-0.4, -0.2) is 31.6 Å². The molecule has 0 saturated carbocycles. The van der Waals surface area contributed by atoms with Crippen LogP contribution in [0.25, 0.3) is 0 Å². The Morgan fingerprint density at radius 3 is 2.33 bits per heavy atom. The molecule has 0 heterocycles. The molecule has 5 nitrogen and oxygen atoms in total. The minimum atomic E-state index is -0.527. The lowest BCUT2D eigenvalue weighted by atomic mass is 10.1. The number of amides is 1. The fourth-order valence-corrected chi connectivity index (χ4v) is 1.77. The van der Waals surface area contributed by atoms with Crippen LogP contribution < -0.4 is 10.1 Å². The largest absolute Gasteiger partial charge is 0.497 e. The fourth-order valence-electron chi connectivity index (χ4n) is 1.77. The molecule has 0 aromatic heterocycles. The number of hydrogen-bond acceptors (Lipinski definition) is 4. The molecule has 0 saturated heterocycles. The van der Waals surface area contributed by atoms with Crippen molar-refractivity contribution in [3.63, 3.8) is 0 Å². The molecule has 1 N–H and O–H groups in total. The number of methoxy groups -OCH3 is 1. The van der Waals surface area contributed by atoms with E-state index < -0.39 is 17.9 Å². The summed E-state index contributed by atoms with van der Waals surface area (Å²) in [6, 6.07) is 7.65. The van der Waals surface area contributed by atoms with Crippen molar-refractivity contribution in [2.45, 2.75) is 45.9 Å². The fraction of sp³-hybridized carbons (Fsp3) is 0.562. The Bertz CT molecular complexity index is 437. The number of rotatable bonds is 6. The van der Waals surface area contributed by atoms with Crippen LogP contribution in [-0.2, 0) is 15.9 Å². The molecule has 0 aliphatic carbocycles. The Labute approximate surface area is 126 Å². The monoisotopic (exact) mass is 295 g/mol.